The largest absolute Gasteiger partial charge is 0.337 e. The molecule has 8 heteroatoms. The lowest BCUT2D eigenvalue weighted by Gasteiger charge is -2.31. The van der Waals surface area contributed by atoms with Crippen molar-refractivity contribution in [3.8, 4) is 11.4 Å². The number of imidazole rings is 1. The van der Waals surface area contributed by atoms with Crippen molar-refractivity contribution in [1.82, 2.24) is 34.6 Å². The second kappa shape index (κ2) is 7.70. The molecule has 4 heterocycles. The number of rotatable bonds is 4. The summed E-state index contributed by atoms with van der Waals surface area (Å²) < 4.78 is 1.94. The first kappa shape index (κ1) is 18.5. The predicted octanol–water partition coefficient (Wildman–Crippen LogP) is 2.85. The number of piperidine rings is 1. The number of nitrogens with one attached hydrogen (secondary N) is 1. The summed E-state index contributed by atoms with van der Waals surface area (Å²) in [6.45, 7) is 1.47. The minimum atomic E-state index is 0.00361. The summed E-state index contributed by atoms with van der Waals surface area (Å²) in [6, 6.07) is 7.74. The summed E-state index contributed by atoms with van der Waals surface area (Å²) in [6.07, 6.45) is 9.95. The van der Waals surface area contributed by atoms with Crippen molar-refractivity contribution in [2.75, 3.05) is 13.1 Å². The summed E-state index contributed by atoms with van der Waals surface area (Å²) in [5, 5.41) is 8.09. The fourth-order valence-corrected chi connectivity index (χ4v) is 4.14. The number of aromatic nitrogens is 6. The van der Waals surface area contributed by atoms with Crippen molar-refractivity contribution < 1.29 is 4.79 Å². The Hall–Kier alpha value is -3.55. The highest BCUT2D eigenvalue weighted by Crippen LogP contribution is 2.24. The molecule has 152 valence electrons. The van der Waals surface area contributed by atoms with Gasteiger partial charge in [-0.3, -0.25) is 14.9 Å². The lowest BCUT2D eigenvalue weighted by atomic mass is 9.92. The smallest absolute Gasteiger partial charge is 0.274 e. The Kier molecular flexibility index (Phi) is 4.74. The topological polar surface area (TPSA) is 92.6 Å². The Balaban J connectivity index is 1.23. The Morgan fingerprint density at radius 2 is 1.97 bits per heavy atom. The second-order valence-electron chi connectivity index (χ2n) is 7.84. The van der Waals surface area contributed by atoms with Gasteiger partial charge in [-0.2, -0.15) is 5.10 Å². The van der Waals surface area contributed by atoms with Gasteiger partial charge in [-0.05, 0) is 31.2 Å². The minimum Gasteiger partial charge on any atom is -0.337 e. The fraction of sp³-hybridized carbons (Fsp3) is 0.318. The quantitative estimate of drug-likeness (QED) is 0.568. The van der Waals surface area contributed by atoms with Gasteiger partial charge in [0.2, 0.25) is 0 Å². The summed E-state index contributed by atoms with van der Waals surface area (Å²) >= 11 is 0. The van der Waals surface area contributed by atoms with Crippen LogP contribution in [0.3, 0.4) is 0 Å². The van der Waals surface area contributed by atoms with Crippen LogP contribution in [-0.2, 0) is 13.5 Å². The van der Waals surface area contributed by atoms with E-state index >= 15 is 0 Å². The number of carbonyl (C=O) groups excluding carboxylic acids is 1. The highest BCUT2D eigenvalue weighted by atomic mass is 16.2. The van der Waals surface area contributed by atoms with Gasteiger partial charge >= 0.3 is 0 Å². The molecule has 4 aromatic rings. The van der Waals surface area contributed by atoms with E-state index in [0.29, 0.717) is 11.6 Å². The molecule has 1 amide bonds. The van der Waals surface area contributed by atoms with Gasteiger partial charge in [-0.1, -0.05) is 18.2 Å². The van der Waals surface area contributed by atoms with Crippen molar-refractivity contribution in [3.05, 3.63) is 60.6 Å². The number of H-pyrrole nitrogens is 1. The van der Waals surface area contributed by atoms with Crippen LogP contribution in [0.1, 0.15) is 29.0 Å². The number of amides is 1. The SMILES string of the molecule is Cn1cncc1-c1cncc(CC2CCN(C(=O)c3n[nH]c4ccccc34)CC2)n1. The molecule has 0 spiro atoms. The van der Waals surface area contributed by atoms with E-state index in [0.717, 1.165) is 60.3 Å². The van der Waals surface area contributed by atoms with Crippen molar-refractivity contribution in [2.45, 2.75) is 19.3 Å². The van der Waals surface area contributed by atoms with Gasteiger partial charge in [-0.15, -0.1) is 0 Å². The Morgan fingerprint density at radius 3 is 2.77 bits per heavy atom. The van der Waals surface area contributed by atoms with Crippen LogP contribution in [-0.4, -0.2) is 53.6 Å². The monoisotopic (exact) mass is 401 g/mol. The molecule has 0 unspecified atom stereocenters. The number of fused-ring (bicyclic) bond motifs is 1. The van der Waals surface area contributed by atoms with Gasteiger partial charge < -0.3 is 9.47 Å². The first-order valence-electron chi connectivity index (χ1n) is 10.2. The summed E-state index contributed by atoms with van der Waals surface area (Å²) in [7, 11) is 1.95. The molecule has 1 aromatic carbocycles. The molecule has 1 fully saturated rings. The maximum absolute atomic E-state index is 13.0. The number of aromatic amines is 1. The number of aryl methyl sites for hydroxylation is 1. The number of nitrogens with zero attached hydrogens (tertiary/aromatic N) is 6. The number of likely N-dealkylation sites (tertiary alicyclic amines) is 1. The van der Waals surface area contributed by atoms with Gasteiger partial charge in [0.15, 0.2) is 5.69 Å². The van der Waals surface area contributed by atoms with Crippen LogP contribution in [0.5, 0.6) is 0 Å². The molecule has 0 saturated carbocycles. The molecular formula is C22H23N7O. The van der Waals surface area contributed by atoms with E-state index in [1.54, 1.807) is 18.7 Å². The summed E-state index contributed by atoms with van der Waals surface area (Å²) in [4.78, 5) is 28.2. The summed E-state index contributed by atoms with van der Waals surface area (Å²) in [5.41, 5.74) is 4.18. The molecule has 8 nitrogen and oxygen atoms in total. The Labute approximate surface area is 174 Å². The van der Waals surface area contributed by atoms with Gasteiger partial charge in [0.1, 0.15) is 5.69 Å². The van der Waals surface area contributed by atoms with E-state index in [9.17, 15) is 4.79 Å². The van der Waals surface area contributed by atoms with Crippen LogP contribution < -0.4 is 0 Å². The van der Waals surface area contributed by atoms with E-state index in [4.69, 9.17) is 4.98 Å². The highest BCUT2D eigenvalue weighted by molar-refractivity contribution is 6.04. The van der Waals surface area contributed by atoms with Crippen molar-refractivity contribution >= 4 is 16.8 Å². The van der Waals surface area contributed by atoms with Crippen LogP contribution >= 0.6 is 0 Å². The molecule has 3 aromatic heterocycles. The predicted molar refractivity (Wildman–Crippen MR) is 113 cm³/mol. The molecule has 5 rings (SSSR count). The first-order valence-corrected chi connectivity index (χ1v) is 10.2. The maximum atomic E-state index is 13.0. The third-order valence-corrected chi connectivity index (χ3v) is 5.84. The molecule has 30 heavy (non-hydrogen) atoms. The van der Waals surface area contributed by atoms with Crippen LogP contribution in [0.15, 0.2) is 49.2 Å². The Morgan fingerprint density at radius 1 is 1.13 bits per heavy atom. The molecular weight excluding hydrogens is 378 g/mol. The highest BCUT2D eigenvalue weighted by Gasteiger charge is 2.26. The average Bonchev–Trinajstić information content (AvgIpc) is 3.40. The second-order valence-corrected chi connectivity index (χ2v) is 7.84. The van der Waals surface area contributed by atoms with Gasteiger partial charge in [-0.25, -0.2) is 9.97 Å². The van der Waals surface area contributed by atoms with Gasteiger partial charge in [0, 0.05) is 31.7 Å². The fourth-order valence-electron chi connectivity index (χ4n) is 4.14. The molecule has 0 atom stereocenters. The molecule has 1 aliphatic rings. The summed E-state index contributed by atoms with van der Waals surface area (Å²) in [5.74, 6) is 0.491. The standard InChI is InChI=1S/C22H23N7O/c1-28-14-24-13-20(28)19-12-23-11-16(25-19)10-15-6-8-29(9-7-15)22(30)21-17-4-2-3-5-18(17)26-27-21/h2-5,11-15H,6-10H2,1H3,(H,26,27). The number of hydrogen-bond donors (Lipinski definition) is 1. The van der Waals surface area contributed by atoms with Gasteiger partial charge in [0.25, 0.3) is 5.91 Å². The zero-order chi connectivity index (χ0) is 20.5. The molecule has 1 aliphatic heterocycles. The number of benzene rings is 1. The van der Waals surface area contributed by atoms with E-state index in [-0.39, 0.29) is 5.91 Å². The van der Waals surface area contributed by atoms with Crippen LogP contribution in [0.4, 0.5) is 0 Å². The molecule has 1 N–H and O–H groups in total. The van der Waals surface area contributed by atoms with Crippen LogP contribution in [0.25, 0.3) is 22.3 Å². The van der Waals surface area contributed by atoms with Crippen LogP contribution in [0, 0.1) is 5.92 Å². The van der Waals surface area contributed by atoms with Crippen molar-refractivity contribution in [3.63, 3.8) is 0 Å². The van der Waals surface area contributed by atoms with Crippen molar-refractivity contribution in [2.24, 2.45) is 13.0 Å². The average molecular weight is 401 g/mol. The maximum Gasteiger partial charge on any atom is 0.274 e. The van der Waals surface area contributed by atoms with E-state index in [2.05, 4.69) is 20.2 Å². The van der Waals surface area contributed by atoms with E-state index < -0.39 is 0 Å². The third kappa shape index (κ3) is 3.45. The number of carbonyl (C=O) groups is 1. The zero-order valence-corrected chi connectivity index (χ0v) is 16.8. The van der Waals surface area contributed by atoms with E-state index in [1.807, 2.05) is 47.0 Å². The zero-order valence-electron chi connectivity index (χ0n) is 16.8. The molecule has 0 radical (unpaired) electrons. The lowest BCUT2D eigenvalue weighted by molar-refractivity contribution is 0.0686. The Bertz CT molecular complexity index is 1190. The first-order chi connectivity index (χ1) is 14.7. The molecule has 1 saturated heterocycles. The lowest BCUT2D eigenvalue weighted by Crippen LogP contribution is -2.39. The third-order valence-electron chi connectivity index (χ3n) is 5.84. The number of hydrogen-bond acceptors (Lipinski definition) is 5. The normalized spacial score (nSPS) is 15.0. The molecule has 0 aliphatic carbocycles. The molecule has 0 bridgehead atoms. The van der Waals surface area contributed by atoms with Crippen molar-refractivity contribution in [1.29, 1.82) is 0 Å². The van der Waals surface area contributed by atoms with E-state index in [1.165, 1.54) is 0 Å². The van der Waals surface area contributed by atoms with Gasteiger partial charge in [0.05, 0.1) is 35.6 Å². The van der Waals surface area contributed by atoms with Crippen LogP contribution in [0.2, 0.25) is 0 Å². The minimum absolute atomic E-state index is 0.00361. The number of para-hydroxylation sites is 1.